The van der Waals surface area contributed by atoms with Crippen LogP contribution in [0, 0.1) is 13.8 Å². The maximum absolute atomic E-state index is 11.4. The standard InChI is InChI=1S/C15H10Cl2N2O2S.C8H10ClNO2S/c1-7-11(16)10-12(17)18-13(19-14(10)22-7)8-3-5-9(6-4-8)15(20)21-2;1-3-12-8(11)5-6(9)4(2)13-7(5)10/h3-6H,1-2H3;3,10H2,1-2H3. The Labute approximate surface area is 224 Å². The molecular weight excluding hydrogens is 553 g/mol. The Balaban J connectivity index is 0.000000225. The zero-order valence-electron chi connectivity index (χ0n) is 19.1. The fourth-order valence-corrected chi connectivity index (χ4v) is 5.77. The number of thiophene rings is 2. The number of methoxy groups -OCH3 is 1. The van der Waals surface area contributed by atoms with E-state index >= 15 is 0 Å². The molecule has 0 bridgehead atoms. The Morgan fingerprint density at radius 2 is 1.60 bits per heavy atom. The molecular formula is C23H20Cl3N3O4S2. The van der Waals surface area contributed by atoms with Gasteiger partial charge in [0.05, 0.1) is 34.7 Å². The fraction of sp³-hybridized carbons (Fsp3) is 0.217. The maximum Gasteiger partial charge on any atom is 0.342 e. The van der Waals surface area contributed by atoms with Crippen molar-refractivity contribution >= 4 is 84.6 Å². The summed E-state index contributed by atoms with van der Waals surface area (Å²) in [5.74, 6) is -0.345. The first-order chi connectivity index (χ1) is 16.6. The van der Waals surface area contributed by atoms with Crippen LogP contribution in [0.2, 0.25) is 15.2 Å². The van der Waals surface area contributed by atoms with E-state index in [4.69, 9.17) is 45.3 Å². The van der Waals surface area contributed by atoms with Crippen molar-refractivity contribution in [3.05, 3.63) is 60.3 Å². The minimum atomic E-state index is -0.450. The lowest BCUT2D eigenvalue weighted by atomic mass is 10.1. The van der Waals surface area contributed by atoms with Crippen molar-refractivity contribution in [2.45, 2.75) is 20.8 Å². The van der Waals surface area contributed by atoms with Crippen LogP contribution in [-0.2, 0) is 9.47 Å². The molecule has 0 spiro atoms. The van der Waals surface area contributed by atoms with Crippen LogP contribution in [0.5, 0.6) is 0 Å². The number of nitrogens with zero attached hydrogens (tertiary/aromatic N) is 2. The van der Waals surface area contributed by atoms with E-state index < -0.39 is 5.97 Å². The first-order valence-electron chi connectivity index (χ1n) is 10.1. The predicted molar refractivity (Wildman–Crippen MR) is 143 cm³/mol. The summed E-state index contributed by atoms with van der Waals surface area (Å²) in [5.41, 5.74) is 7.13. The molecule has 35 heavy (non-hydrogen) atoms. The number of fused-ring (bicyclic) bond motifs is 1. The molecule has 0 fully saturated rings. The summed E-state index contributed by atoms with van der Waals surface area (Å²) in [6.07, 6.45) is 0. The molecule has 0 saturated heterocycles. The molecule has 0 atom stereocenters. The van der Waals surface area contributed by atoms with Gasteiger partial charge in [0, 0.05) is 15.3 Å². The topological polar surface area (TPSA) is 104 Å². The van der Waals surface area contributed by atoms with Crippen LogP contribution in [0.4, 0.5) is 5.00 Å². The van der Waals surface area contributed by atoms with Gasteiger partial charge < -0.3 is 15.2 Å². The van der Waals surface area contributed by atoms with Gasteiger partial charge in [0.25, 0.3) is 0 Å². The maximum atomic E-state index is 11.4. The molecule has 2 N–H and O–H groups in total. The largest absolute Gasteiger partial charge is 0.465 e. The second-order valence-electron chi connectivity index (χ2n) is 6.99. The highest BCUT2D eigenvalue weighted by atomic mass is 35.5. The van der Waals surface area contributed by atoms with Crippen molar-refractivity contribution in [3.63, 3.8) is 0 Å². The second kappa shape index (κ2) is 11.5. The lowest BCUT2D eigenvalue weighted by Crippen LogP contribution is -2.06. The lowest BCUT2D eigenvalue weighted by Gasteiger charge is -2.03. The highest BCUT2D eigenvalue weighted by Crippen LogP contribution is 2.38. The summed E-state index contributed by atoms with van der Waals surface area (Å²) >= 11 is 21.1. The molecule has 4 aromatic rings. The fourth-order valence-electron chi connectivity index (χ4n) is 2.98. The van der Waals surface area contributed by atoms with Gasteiger partial charge in [-0.2, -0.15) is 0 Å². The number of carbonyl (C=O) groups is 2. The van der Waals surface area contributed by atoms with E-state index in [2.05, 4.69) is 14.7 Å². The van der Waals surface area contributed by atoms with Crippen LogP contribution in [0.3, 0.4) is 0 Å². The number of nitrogen functional groups attached to an aromatic ring is 1. The third-order valence-corrected chi connectivity index (χ3v) is 8.07. The summed E-state index contributed by atoms with van der Waals surface area (Å²) < 4.78 is 9.48. The summed E-state index contributed by atoms with van der Waals surface area (Å²) in [6, 6.07) is 6.84. The van der Waals surface area contributed by atoms with Gasteiger partial charge in [-0.25, -0.2) is 19.6 Å². The quantitative estimate of drug-likeness (QED) is 0.203. The average molecular weight is 573 g/mol. The molecule has 12 heteroatoms. The van der Waals surface area contributed by atoms with Crippen molar-refractivity contribution in [2.75, 3.05) is 19.5 Å². The van der Waals surface area contributed by atoms with E-state index in [1.54, 1.807) is 31.2 Å². The lowest BCUT2D eigenvalue weighted by molar-refractivity contribution is 0.0527. The van der Waals surface area contributed by atoms with E-state index in [9.17, 15) is 9.59 Å². The zero-order chi connectivity index (χ0) is 25.9. The number of ether oxygens (including phenoxy) is 2. The highest BCUT2D eigenvalue weighted by molar-refractivity contribution is 7.19. The van der Waals surface area contributed by atoms with Crippen molar-refractivity contribution in [3.8, 4) is 11.4 Å². The monoisotopic (exact) mass is 571 g/mol. The molecule has 0 aliphatic carbocycles. The van der Waals surface area contributed by atoms with Crippen molar-refractivity contribution in [1.82, 2.24) is 9.97 Å². The molecule has 0 aliphatic rings. The molecule has 3 aromatic heterocycles. The van der Waals surface area contributed by atoms with E-state index in [-0.39, 0.29) is 5.97 Å². The van der Waals surface area contributed by atoms with Gasteiger partial charge in [-0.15, -0.1) is 22.7 Å². The number of nitrogens with two attached hydrogens (primary N) is 1. The van der Waals surface area contributed by atoms with E-state index in [0.29, 0.717) is 49.1 Å². The SMILES string of the molecule is CCOC(=O)c1c(N)sc(C)c1Cl.COC(=O)c1ccc(-c2nc(Cl)c3c(Cl)c(C)sc3n2)cc1. The Kier molecular flexibility index (Phi) is 8.95. The smallest absolute Gasteiger partial charge is 0.342 e. The average Bonchev–Trinajstić information content (AvgIpc) is 3.26. The number of carbonyl (C=O) groups excluding carboxylic acids is 2. The van der Waals surface area contributed by atoms with Gasteiger partial charge in [0.2, 0.25) is 0 Å². The molecule has 0 saturated carbocycles. The van der Waals surface area contributed by atoms with Crippen molar-refractivity contribution in [1.29, 1.82) is 0 Å². The first-order valence-corrected chi connectivity index (χ1v) is 12.9. The van der Waals surface area contributed by atoms with Gasteiger partial charge in [-0.05, 0) is 32.9 Å². The van der Waals surface area contributed by atoms with Gasteiger partial charge in [0.1, 0.15) is 20.5 Å². The van der Waals surface area contributed by atoms with E-state index in [1.165, 1.54) is 29.8 Å². The van der Waals surface area contributed by atoms with Crippen LogP contribution in [0.25, 0.3) is 21.6 Å². The van der Waals surface area contributed by atoms with Crippen LogP contribution in [0.15, 0.2) is 24.3 Å². The molecule has 0 amide bonds. The summed E-state index contributed by atoms with van der Waals surface area (Å²) in [6.45, 7) is 5.78. The van der Waals surface area contributed by atoms with E-state index in [0.717, 1.165) is 20.1 Å². The molecule has 3 heterocycles. The molecule has 184 valence electrons. The third kappa shape index (κ3) is 5.87. The molecule has 0 aliphatic heterocycles. The number of anilines is 1. The highest BCUT2D eigenvalue weighted by Gasteiger charge is 2.20. The van der Waals surface area contributed by atoms with Gasteiger partial charge in [0.15, 0.2) is 5.82 Å². The summed E-state index contributed by atoms with van der Waals surface area (Å²) in [7, 11) is 1.34. The van der Waals surface area contributed by atoms with Gasteiger partial charge >= 0.3 is 11.9 Å². The summed E-state index contributed by atoms with van der Waals surface area (Å²) in [5, 5.41) is 2.42. The van der Waals surface area contributed by atoms with Crippen molar-refractivity contribution in [2.24, 2.45) is 0 Å². The Hall–Kier alpha value is -2.43. The number of aryl methyl sites for hydroxylation is 2. The molecule has 1 aromatic carbocycles. The Bertz CT molecular complexity index is 1400. The number of hydrogen-bond donors (Lipinski definition) is 1. The first kappa shape index (κ1) is 27.2. The minimum Gasteiger partial charge on any atom is -0.465 e. The van der Waals surface area contributed by atoms with Crippen LogP contribution in [-0.4, -0.2) is 35.6 Å². The third-order valence-electron chi connectivity index (χ3n) is 4.69. The Morgan fingerprint density at radius 1 is 0.971 bits per heavy atom. The molecule has 0 unspecified atom stereocenters. The molecule has 4 rings (SSSR count). The van der Waals surface area contributed by atoms with Crippen LogP contribution in [0.1, 0.15) is 37.4 Å². The number of halogens is 3. The van der Waals surface area contributed by atoms with Gasteiger partial charge in [-0.3, -0.25) is 0 Å². The minimum absolute atomic E-state index is 0.297. The van der Waals surface area contributed by atoms with Crippen LogP contribution < -0.4 is 5.73 Å². The van der Waals surface area contributed by atoms with Gasteiger partial charge in [-0.1, -0.05) is 46.9 Å². The Morgan fingerprint density at radius 3 is 2.14 bits per heavy atom. The number of rotatable bonds is 4. The molecule has 7 nitrogen and oxygen atoms in total. The second-order valence-corrected chi connectivity index (χ2v) is 10.6. The normalized spacial score (nSPS) is 10.6. The van der Waals surface area contributed by atoms with Crippen molar-refractivity contribution < 1.29 is 19.1 Å². The number of aromatic nitrogens is 2. The van der Waals surface area contributed by atoms with Crippen LogP contribution >= 0.6 is 57.5 Å². The number of hydrogen-bond acceptors (Lipinski definition) is 9. The van der Waals surface area contributed by atoms with E-state index in [1.807, 2.05) is 13.8 Å². The number of benzene rings is 1. The molecule has 0 radical (unpaired) electrons. The summed E-state index contributed by atoms with van der Waals surface area (Å²) in [4.78, 5) is 34.1. The predicted octanol–water partition coefficient (Wildman–Crippen LogP) is 7.23. The number of esters is 2. The zero-order valence-corrected chi connectivity index (χ0v) is 23.0.